The normalized spacial score (nSPS) is 11.1. The monoisotopic (exact) mass is 479 g/mol. The molecule has 0 fully saturated rings. The maximum atomic E-state index is 13.4. The first-order chi connectivity index (χ1) is 17.6. The van der Waals surface area contributed by atoms with E-state index in [4.69, 9.17) is 4.42 Å². The van der Waals surface area contributed by atoms with Crippen LogP contribution >= 0.6 is 0 Å². The lowest BCUT2D eigenvalue weighted by Crippen LogP contribution is -2.20. The SMILES string of the molecule is CCc1cc(=O)[nH]c(-n2nc(-c3ccco3)cc2NC(=O)CC(c2ccccc2)c2ccccc2)n1. The number of nitrogens with one attached hydrogen (secondary N) is 2. The van der Waals surface area contributed by atoms with Crippen LogP contribution in [0.15, 0.2) is 100 Å². The van der Waals surface area contributed by atoms with Crippen molar-refractivity contribution in [2.75, 3.05) is 5.32 Å². The van der Waals surface area contributed by atoms with E-state index in [-0.39, 0.29) is 29.8 Å². The Morgan fingerprint density at radius 2 is 1.69 bits per heavy atom. The lowest BCUT2D eigenvalue weighted by atomic mass is 9.88. The third-order valence-electron chi connectivity index (χ3n) is 5.89. The zero-order valence-electron chi connectivity index (χ0n) is 19.7. The first-order valence-corrected chi connectivity index (χ1v) is 11.7. The van der Waals surface area contributed by atoms with Crippen molar-refractivity contribution in [1.29, 1.82) is 0 Å². The zero-order chi connectivity index (χ0) is 24.9. The lowest BCUT2D eigenvalue weighted by Gasteiger charge is -2.18. The average molecular weight is 480 g/mol. The van der Waals surface area contributed by atoms with Crippen molar-refractivity contribution in [3.05, 3.63) is 118 Å². The second kappa shape index (κ2) is 10.3. The highest BCUT2D eigenvalue weighted by atomic mass is 16.3. The van der Waals surface area contributed by atoms with Crippen molar-refractivity contribution in [1.82, 2.24) is 19.7 Å². The molecule has 0 aliphatic heterocycles. The maximum absolute atomic E-state index is 13.4. The second-order valence-corrected chi connectivity index (χ2v) is 8.34. The summed E-state index contributed by atoms with van der Waals surface area (Å²) in [6.07, 6.45) is 2.35. The molecule has 0 saturated heterocycles. The van der Waals surface area contributed by atoms with Crippen LogP contribution in [0.4, 0.5) is 5.82 Å². The van der Waals surface area contributed by atoms with Crippen LogP contribution in [0.3, 0.4) is 0 Å². The molecule has 0 bridgehead atoms. The molecule has 36 heavy (non-hydrogen) atoms. The largest absolute Gasteiger partial charge is 0.463 e. The number of aromatic nitrogens is 4. The quantitative estimate of drug-likeness (QED) is 0.328. The third kappa shape index (κ3) is 5.02. The number of amides is 1. The third-order valence-corrected chi connectivity index (χ3v) is 5.89. The molecule has 2 N–H and O–H groups in total. The smallest absolute Gasteiger partial charge is 0.252 e. The van der Waals surface area contributed by atoms with Crippen LogP contribution in [0.25, 0.3) is 17.4 Å². The molecule has 2 aromatic carbocycles. The second-order valence-electron chi connectivity index (χ2n) is 8.34. The number of rotatable bonds is 8. The highest BCUT2D eigenvalue weighted by molar-refractivity contribution is 5.91. The molecule has 3 aromatic heterocycles. The van der Waals surface area contributed by atoms with Gasteiger partial charge in [-0.2, -0.15) is 9.78 Å². The van der Waals surface area contributed by atoms with E-state index in [2.05, 4.69) is 20.4 Å². The number of benzene rings is 2. The standard InChI is InChI=1S/C28H25N5O3/c1-2-21-16-26(34)31-28(29-21)33-25(18-23(32-33)24-14-9-15-36-24)30-27(35)17-22(19-10-5-3-6-11-19)20-12-7-4-8-13-20/h3-16,18,22H,2,17H2,1H3,(H,30,35)(H,29,31,34). The fraction of sp³-hybridized carbons (Fsp3) is 0.143. The van der Waals surface area contributed by atoms with Gasteiger partial charge in [-0.1, -0.05) is 67.6 Å². The van der Waals surface area contributed by atoms with Crippen LogP contribution in [-0.2, 0) is 11.2 Å². The summed E-state index contributed by atoms with van der Waals surface area (Å²) in [5.41, 5.74) is 2.92. The van der Waals surface area contributed by atoms with E-state index < -0.39 is 0 Å². The highest BCUT2D eigenvalue weighted by Crippen LogP contribution is 2.29. The molecule has 1 amide bonds. The molecule has 0 saturated carbocycles. The molecule has 0 unspecified atom stereocenters. The summed E-state index contributed by atoms with van der Waals surface area (Å²) in [5.74, 6) is 0.797. The molecule has 180 valence electrons. The lowest BCUT2D eigenvalue weighted by molar-refractivity contribution is -0.116. The van der Waals surface area contributed by atoms with Crippen molar-refractivity contribution in [3.63, 3.8) is 0 Å². The summed E-state index contributed by atoms with van der Waals surface area (Å²) in [5, 5.41) is 7.54. The number of nitrogens with zero attached hydrogens (tertiary/aromatic N) is 3. The van der Waals surface area contributed by atoms with Crippen LogP contribution in [0, 0.1) is 0 Å². The van der Waals surface area contributed by atoms with Crippen molar-refractivity contribution in [2.45, 2.75) is 25.7 Å². The minimum Gasteiger partial charge on any atom is -0.463 e. The van der Waals surface area contributed by atoms with Gasteiger partial charge in [-0.05, 0) is 29.7 Å². The Bertz CT molecular complexity index is 1470. The van der Waals surface area contributed by atoms with Gasteiger partial charge in [0.15, 0.2) is 5.76 Å². The number of furan rings is 1. The summed E-state index contributed by atoms with van der Waals surface area (Å²) in [6.45, 7) is 1.92. The number of hydrogen-bond acceptors (Lipinski definition) is 5. The van der Waals surface area contributed by atoms with E-state index in [9.17, 15) is 9.59 Å². The van der Waals surface area contributed by atoms with Crippen LogP contribution in [0.1, 0.15) is 36.1 Å². The van der Waals surface area contributed by atoms with E-state index in [1.807, 2.05) is 67.6 Å². The van der Waals surface area contributed by atoms with Crippen LogP contribution in [0.2, 0.25) is 0 Å². The molecule has 0 aliphatic rings. The van der Waals surface area contributed by atoms with E-state index >= 15 is 0 Å². The van der Waals surface area contributed by atoms with Gasteiger partial charge in [0.2, 0.25) is 11.9 Å². The van der Waals surface area contributed by atoms with Gasteiger partial charge in [-0.25, -0.2) is 4.98 Å². The van der Waals surface area contributed by atoms with Gasteiger partial charge in [0.1, 0.15) is 11.5 Å². The molecular weight excluding hydrogens is 454 g/mol. The molecule has 0 aliphatic carbocycles. The molecule has 8 nitrogen and oxygen atoms in total. The van der Waals surface area contributed by atoms with Crippen molar-refractivity contribution in [3.8, 4) is 17.4 Å². The van der Waals surface area contributed by atoms with Gasteiger partial charge in [-0.3, -0.25) is 14.6 Å². The predicted octanol–water partition coefficient (Wildman–Crippen LogP) is 4.94. The van der Waals surface area contributed by atoms with E-state index in [0.717, 1.165) is 11.1 Å². The minimum absolute atomic E-state index is 0.130. The first-order valence-electron chi connectivity index (χ1n) is 11.7. The molecular formula is C28H25N5O3. The number of hydrogen-bond donors (Lipinski definition) is 2. The zero-order valence-corrected chi connectivity index (χ0v) is 19.7. The number of carbonyl (C=O) groups excluding carboxylic acids is 1. The molecule has 5 rings (SSSR count). The molecule has 0 spiro atoms. The molecule has 0 atom stereocenters. The van der Waals surface area contributed by atoms with E-state index in [1.54, 1.807) is 24.5 Å². The first kappa shape index (κ1) is 23.0. The van der Waals surface area contributed by atoms with Gasteiger partial charge in [0.25, 0.3) is 5.56 Å². The Hall–Kier alpha value is -4.72. The summed E-state index contributed by atoms with van der Waals surface area (Å²) in [7, 11) is 0. The summed E-state index contributed by atoms with van der Waals surface area (Å²) in [4.78, 5) is 32.8. The molecule has 5 aromatic rings. The van der Waals surface area contributed by atoms with Gasteiger partial charge in [0.05, 0.1) is 6.26 Å². The number of H-pyrrole nitrogens is 1. The number of anilines is 1. The van der Waals surface area contributed by atoms with Gasteiger partial charge in [0, 0.05) is 30.2 Å². The number of aromatic amines is 1. The fourth-order valence-corrected chi connectivity index (χ4v) is 4.13. The van der Waals surface area contributed by atoms with Gasteiger partial charge < -0.3 is 9.73 Å². The topological polar surface area (TPSA) is 106 Å². The summed E-state index contributed by atoms with van der Waals surface area (Å²) < 4.78 is 6.92. The Kier molecular flexibility index (Phi) is 6.57. The Morgan fingerprint density at radius 1 is 1.00 bits per heavy atom. The number of aryl methyl sites for hydroxylation is 1. The van der Waals surface area contributed by atoms with Crippen LogP contribution < -0.4 is 10.9 Å². The number of carbonyl (C=O) groups is 1. The van der Waals surface area contributed by atoms with E-state index in [0.29, 0.717) is 29.4 Å². The molecule has 3 heterocycles. The fourth-order valence-electron chi connectivity index (χ4n) is 4.13. The van der Waals surface area contributed by atoms with Gasteiger partial charge in [-0.15, -0.1) is 0 Å². The maximum Gasteiger partial charge on any atom is 0.252 e. The predicted molar refractivity (Wildman–Crippen MR) is 137 cm³/mol. The Morgan fingerprint density at radius 3 is 2.31 bits per heavy atom. The van der Waals surface area contributed by atoms with Crippen molar-refractivity contribution < 1.29 is 9.21 Å². The Balaban J connectivity index is 1.49. The summed E-state index contributed by atoms with van der Waals surface area (Å²) >= 11 is 0. The average Bonchev–Trinajstić information content (AvgIpc) is 3.58. The van der Waals surface area contributed by atoms with Crippen LogP contribution in [0.5, 0.6) is 0 Å². The van der Waals surface area contributed by atoms with E-state index in [1.165, 1.54) is 10.7 Å². The minimum atomic E-state index is -0.294. The van der Waals surface area contributed by atoms with Crippen LogP contribution in [-0.4, -0.2) is 25.7 Å². The molecule has 0 radical (unpaired) electrons. The Labute approximate surface area is 207 Å². The highest BCUT2D eigenvalue weighted by Gasteiger charge is 2.21. The summed E-state index contributed by atoms with van der Waals surface area (Å²) in [6, 6.07) is 26.6. The van der Waals surface area contributed by atoms with Crippen molar-refractivity contribution in [2.24, 2.45) is 0 Å². The molecule has 8 heteroatoms. The van der Waals surface area contributed by atoms with Gasteiger partial charge >= 0.3 is 0 Å². The van der Waals surface area contributed by atoms with Crippen molar-refractivity contribution >= 4 is 11.7 Å².